The quantitative estimate of drug-likeness (QED) is 0.855. The Morgan fingerprint density at radius 3 is 2.57 bits per heavy atom. The Bertz CT molecular complexity index is 345. The van der Waals surface area contributed by atoms with Crippen LogP contribution >= 0.6 is 31.9 Å². The molecule has 1 aromatic rings. The average Bonchev–Trinajstić information content (AvgIpc) is 2.26. The zero-order valence-corrected chi connectivity index (χ0v) is 10.8. The molecular formula is C10H11Br2NO. The largest absolute Gasteiger partial charge is 0.451 e. The van der Waals surface area contributed by atoms with Crippen LogP contribution in [0.1, 0.15) is 31.1 Å². The van der Waals surface area contributed by atoms with Gasteiger partial charge in [0.05, 0.1) is 10.5 Å². The molecule has 2 heterocycles. The Labute approximate surface area is 99.7 Å². The SMILES string of the molecule is Brc1cc(C2NCC23CCC3)oc1Br. The molecule has 2 aliphatic rings. The van der Waals surface area contributed by atoms with Crippen LogP contribution in [0.25, 0.3) is 0 Å². The van der Waals surface area contributed by atoms with Gasteiger partial charge in [0.15, 0.2) is 4.67 Å². The molecule has 0 bridgehead atoms. The van der Waals surface area contributed by atoms with Gasteiger partial charge in [-0.05, 0) is 50.8 Å². The Balaban J connectivity index is 1.88. The topological polar surface area (TPSA) is 25.2 Å². The smallest absolute Gasteiger partial charge is 0.183 e. The minimum absolute atomic E-state index is 0.443. The molecule has 4 heteroatoms. The monoisotopic (exact) mass is 319 g/mol. The van der Waals surface area contributed by atoms with Crippen molar-refractivity contribution < 1.29 is 4.42 Å². The number of halogens is 2. The lowest BCUT2D eigenvalue weighted by atomic mass is 9.59. The van der Waals surface area contributed by atoms with Crippen LogP contribution in [0.4, 0.5) is 0 Å². The van der Waals surface area contributed by atoms with Crippen LogP contribution < -0.4 is 5.32 Å². The third-order valence-corrected chi connectivity index (χ3v) is 5.28. The van der Waals surface area contributed by atoms with Crippen LogP contribution in [-0.2, 0) is 0 Å². The second-order valence-electron chi connectivity index (χ2n) is 4.30. The van der Waals surface area contributed by atoms with Gasteiger partial charge in [0, 0.05) is 12.0 Å². The lowest BCUT2D eigenvalue weighted by Crippen LogP contribution is -2.59. The van der Waals surface area contributed by atoms with Gasteiger partial charge in [-0.2, -0.15) is 0 Å². The van der Waals surface area contributed by atoms with Crippen molar-refractivity contribution in [3.05, 3.63) is 21.0 Å². The first kappa shape index (κ1) is 9.43. The number of rotatable bonds is 1. The van der Waals surface area contributed by atoms with E-state index in [0.717, 1.165) is 21.4 Å². The van der Waals surface area contributed by atoms with Gasteiger partial charge < -0.3 is 9.73 Å². The molecule has 0 aromatic carbocycles. The van der Waals surface area contributed by atoms with Crippen molar-refractivity contribution >= 4 is 31.9 Å². The van der Waals surface area contributed by atoms with Gasteiger partial charge >= 0.3 is 0 Å². The van der Waals surface area contributed by atoms with Crippen molar-refractivity contribution in [3.63, 3.8) is 0 Å². The molecule has 76 valence electrons. The van der Waals surface area contributed by atoms with Crippen molar-refractivity contribution in [3.8, 4) is 0 Å². The van der Waals surface area contributed by atoms with E-state index in [2.05, 4.69) is 43.2 Å². The predicted octanol–water partition coefficient (Wildman–Crippen LogP) is 3.62. The molecule has 1 N–H and O–H groups in total. The van der Waals surface area contributed by atoms with E-state index in [1.807, 2.05) is 0 Å². The van der Waals surface area contributed by atoms with E-state index in [4.69, 9.17) is 4.42 Å². The van der Waals surface area contributed by atoms with Crippen molar-refractivity contribution in [1.29, 1.82) is 0 Å². The van der Waals surface area contributed by atoms with Gasteiger partial charge in [-0.15, -0.1) is 0 Å². The molecule has 2 nitrogen and oxygen atoms in total. The Hall–Kier alpha value is 0.200. The fourth-order valence-corrected chi connectivity index (χ4v) is 3.11. The number of hydrogen-bond donors (Lipinski definition) is 1. The van der Waals surface area contributed by atoms with Crippen molar-refractivity contribution in [2.75, 3.05) is 6.54 Å². The second-order valence-corrected chi connectivity index (χ2v) is 5.87. The maximum absolute atomic E-state index is 5.66. The van der Waals surface area contributed by atoms with Crippen LogP contribution in [0.2, 0.25) is 0 Å². The number of nitrogens with one attached hydrogen (secondary N) is 1. The normalized spacial score (nSPS) is 28.6. The molecule has 14 heavy (non-hydrogen) atoms. The molecule has 1 aliphatic carbocycles. The molecule has 1 saturated heterocycles. The lowest BCUT2D eigenvalue weighted by Gasteiger charge is -2.55. The maximum atomic E-state index is 5.66. The zero-order chi connectivity index (χ0) is 9.76. The highest BCUT2D eigenvalue weighted by molar-refractivity contribution is 9.13. The molecule has 0 amide bonds. The maximum Gasteiger partial charge on any atom is 0.183 e. The second kappa shape index (κ2) is 3.09. The van der Waals surface area contributed by atoms with E-state index in [0.29, 0.717) is 11.5 Å². The first-order chi connectivity index (χ1) is 6.71. The minimum Gasteiger partial charge on any atom is -0.451 e. The lowest BCUT2D eigenvalue weighted by molar-refractivity contribution is -0.0163. The first-order valence-electron chi connectivity index (χ1n) is 4.89. The molecule has 1 spiro atoms. The number of furan rings is 1. The van der Waals surface area contributed by atoms with E-state index in [1.165, 1.54) is 19.3 Å². The standard InChI is InChI=1S/C10H11Br2NO/c11-6-4-7(14-9(6)12)8-10(5-13-8)2-1-3-10/h4,8,13H,1-3,5H2. The summed E-state index contributed by atoms with van der Waals surface area (Å²) in [5.74, 6) is 1.06. The zero-order valence-electron chi connectivity index (χ0n) is 7.65. The van der Waals surface area contributed by atoms with Gasteiger partial charge in [-0.1, -0.05) is 6.42 Å². The molecule has 3 rings (SSSR count). The molecule has 1 unspecified atom stereocenters. The summed E-state index contributed by atoms with van der Waals surface area (Å²) in [4.78, 5) is 0. The third kappa shape index (κ3) is 1.17. The molecular weight excluding hydrogens is 310 g/mol. The van der Waals surface area contributed by atoms with Crippen molar-refractivity contribution in [2.24, 2.45) is 5.41 Å². The Morgan fingerprint density at radius 1 is 1.43 bits per heavy atom. The highest BCUT2D eigenvalue weighted by Crippen LogP contribution is 2.55. The molecule has 1 saturated carbocycles. The van der Waals surface area contributed by atoms with E-state index in [1.54, 1.807) is 0 Å². The van der Waals surface area contributed by atoms with E-state index in [9.17, 15) is 0 Å². The van der Waals surface area contributed by atoms with Gasteiger partial charge in [0.1, 0.15) is 5.76 Å². The highest BCUT2D eigenvalue weighted by Gasteiger charge is 2.52. The van der Waals surface area contributed by atoms with Gasteiger partial charge in [-0.3, -0.25) is 0 Å². The van der Waals surface area contributed by atoms with E-state index < -0.39 is 0 Å². The van der Waals surface area contributed by atoms with Crippen LogP contribution in [0.3, 0.4) is 0 Å². The summed E-state index contributed by atoms with van der Waals surface area (Å²) in [7, 11) is 0. The van der Waals surface area contributed by atoms with Gasteiger partial charge in [0.2, 0.25) is 0 Å². The highest BCUT2D eigenvalue weighted by atomic mass is 79.9. The molecule has 0 radical (unpaired) electrons. The average molecular weight is 321 g/mol. The number of hydrogen-bond acceptors (Lipinski definition) is 2. The minimum atomic E-state index is 0.443. The first-order valence-corrected chi connectivity index (χ1v) is 6.48. The van der Waals surface area contributed by atoms with Crippen LogP contribution in [0.15, 0.2) is 19.6 Å². The summed E-state index contributed by atoms with van der Waals surface area (Å²) in [5, 5.41) is 3.46. The summed E-state index contributed by atoms with van der Waals surface area (Å²) < 4.78 is 7.47. The fraction of sp³-hybridized carbons (Fsp3) is 0.600. The predicted molar refractivity (Wildman–Crippen MR) is 61.1 cm³/mol. The van der Waals surface area contributed by atoms with Crippen LogP contribution in [0, 0.1) is 5.41 Å². The van der Waals surface area contributed by atoms with Gasteiger partial charge in [0.25, 0.3) is 0 Å². The Morgan fingerprint density at radius 2 is 2.21 bits per heavy atom. The third-order valence-electron chi connectivity index (χ3n) is 3.57. The fourth-order valence-electron chi connectivity index (χ4n) is 2.50. The van der Waals surface area contributed by atoms with E-state index >= 15 is 0 Å². The Kier molecular flexibility index (Phi) is 2.08. The molecule has 1 aliphatic heterocycles. The summed E-state index contributed by atoms with van der Waals surface area (Å²) >= 11 is 6.82. The van der Waals surface area contributed by atoms with Crippen molar-refractivity contribution in [2.45, 2.75) is 25.3 Å². The summed E-state index contributed by atoms with van der Waals surface area (Å²) in [6, 6.07) is 2.51. The van der Waals surface area contributed by atoms with Gasteiger partial charge in [-0.25, -0.2) is 0 Å². The van der Waals surface area contributed by atoms with Crippen molar-refractivity contribution in [1.82, 2.24) is 5.32 Å². The molecule has 2 fully saturated rings. The molecule has 1 aromatic heterocycles. The van der Waals surface area contributed by atoms with Crippen LogP contribution in [-0.4, -0.2) is 6.54 Å². The van der Waals surface area contributed by atoms with E-state index in [-0.39, 0.29) is 0 Å². The summed E-state index contributed by atoms with van der Waals surface area (Å²) in [6.45, 7) is 1.16. The van der Waals surface area contributed by atoms with Crippen LogP contribution in [0.5, 0.6) is 0 Å². The summed E-state index contributed by atoms with van der Waals surface area (Å²) in [5.41, 5.74) is 0.525. The summed E-state index contributed by atoms with van der Waals surface area (Å²) in [6.07, 6.45) is 4.07. The molecule has 1 atom stereocenters.